The van der Waals surface area contributed by atoms with Gasteiger partial charge in [0.25, 0.3) is 0 Å². The molecule has 194 valence electrons. The molecule has 0 spiro atoms. The van der Waals surface area contributed by atoms with Crippen LogP contribution in [0.4, 0.5) is 0 Å². The van der Waals surface area contributed by atoms with E-state index in [2.05, 4.69) is 33.6 Å². The summed E-state index contributed by atoms with van der Waals surface area (Å²) in [6.45, 7) is 3.86. The van der Waals surface area contributed by atoms with Crippen molar-refractivity contribution >= 4 is 48.2 Å². The number of thiol groups is 1. The largest absolute Gasteiger partial charge is 0.480 e. The zero-order chi connectivity index (χ0) is 26.4. The van der Waals surface area contributed by atoms with Gasteiger partial charge in [0.05, 0.1) is 12.5 Å². The molecule has 0 aliphatic carbocycles. The Kier molecular flexibility index (Phi) is 14.3. The van der Waals surface area contributed by atoms with E-state index in [9.17, 15) is 24.0 Å². The second kappa shape index (κ2) is 15.7. The van der Waals surface area contributed by atoms with Gasteiger partial charge in [-0.3, -0.25) is 24.2 Å². The third-order valence-corrected chi connectivity index (χ3v) is 5.34. The maximum absolute atomic E-state index is 12.9. The molecule has 0 saturated carbocycles. The number of hydrogen-bond acceptors (Lipinski definition) is 8. The molecule has 0 fully saturated rings. The minimum absolute atomic E-state index is 0.125. The molecule has 0 aliphatic rings. The number of nitrogens with zero attached hydrogens (tertiary/aromatic N) is 1. The summed E-state index contributed by atoms with van der Waals surface area (Å²) in [5.41, 5.74) is 21.5. The van der Waals surface area contributed by atoms with E-state index in [1.54, 1.807) is 6.92 Å². The lowest BCUT2D eigenvalue weighted by Crippen LogP contribution is -2.58. The first kappa shape index (κ1) is 30.9. The van der Waals surface area contributed by atoms with E-state index in [0.29, 0.717) is 12.8 Å². The number of carbonyl (C=O) groups is 5. The Bertz CT molecular complexity index is 761. The highest BCUT2D eigenvalue weighted by Gasteiger charge is 2.30. The lowest BCUT2D eigenvalue weighted by atomic mass is 9.98. The molecule has 0 aromatic rings. The molecule has 5 atom stereocenters. The Hall–Kier alpha value is -3.07. The molecule has 0 saturated heterocycles. The second-order valence-electron chi connectivity index (χ2n) is 7.73. The Morgan fingerprint density at radius 2 is 1.47 bits per heavy atom. The monoisotopic (exact) mass is 504 g/mol. The predicted octanol–water partition coefficient (Wildman–Crippen LogP) is -3.24. The number of primary amides is 1. The number of carboxylic acids is 1. The van der Waals surface area contributed by atoms with E-state index in [1.807, 2.05) is 6.92 Å². The van der Waals surface area contributed by atoms with Crippen LogP contribution in [0.3, 0.4) is 0 Å². The summed E-state index contributed by atoms with van der Waals surface area (Å²) >= 11 is 4.02. The zero-order valence-corrected chi connectivity index (χ0v) is 20.2. The summed E-state index contributed by atoms with van der Waals surface area (Å²) in [6, 6.07) is -4.77. The smallest absolute Gasteiger partial charge is 0.326 e. The van der Waals surface area contributed by atoms with E-state index in [-0.39, 0.29) is 30.6 Å². The highest BCUT2D eigenvalue weighted by molar-refractivity contribution is 7.80. The molecule has 34 heavy (non-hydrogen) atoms. The van der Waals surface area contributed by atoms with Gasteiger partial charge in [-0.05, 0) is 18.8 Å². The molecule has 0 bridgehead atoms. The average molecular weight is 505 g/mol. The van der Waals surface area contributed by atoms with Gasteiger partial charge < -0.3 is 44.0 Å². The zero-order valence-electron chi connectivity index (χ0n) is 19.3. The van der Waals surface area contributed by atoms with Crippen molar-refractivity contribution in [1.82, 2.24) is 16.0 Å². The van der Waals surface area contributed by atoms with Crippen molar-refractivity contribution in [1.29, 1.82) is 0 Å². The molecule has 5 unspecified atom stereocenters. The molecule has 0 radical (unpaired) electrons. The number of carboxylic acid groups (broad SMARTS) is 1. The van der Waals surface area contributed by atoms with Crippen LogP contribution >= 0.6 is 12.6 Å². The van der Waals surface area contributed by atoms with Crippen molar-refractivity contribution in [3.63, 3.8) is 0 Å². The Labute approximate surface area is 203 Å². The normalized spacial score (nSPS) is 15.1. The Balaban J connectivity index is 5.41. The number of aliphatic carboxylic acids is 1. The minimum atomic E-state index is -1.58. The van der Waals surface area contributed by atoms with Crippen LogP contribution in [0, 0.1) is 5.92 Å². The number of rotatable bonds is 16. The van der Waals surface area contributed by atoms with Gasteiger partial charge in [-0.1, -0.05) is 20.3 Å². The molecule has 0 rings (SSSR count). The van der Waals surface area contributed by atoms with Crippen molar-refractivity contribution in [2.24, 2.45) is 33.8 Å². The fourth-order valence-electron chi connectivity index (χ4n) is 2.69. The Morgan fingerprint density at radius 3 is 1.94 bits per heavy atom. The van der Waals surface area contributed by atoms with Crippen LogP contribution in [0.1, 0.15) is 39.5 Å². The van der Waals surface area contributed by atoms with Gasteiger partial charge in [0.2, 0.25) is 23.6 Å². The summed E-state index contributed by atoms with van der Waals surface area (Å²) in [4.78, 5) is 64.0. The van der Waals surface area contributed by atoms with Gasteiger partial charge in [-0.2, -0.15) is 12.6 Å². The van der Waals surface area contributed by atoms with Gasteiger partial charge in [0.1, 0.15) is 18.1 Å². The van der Waals surface area contributed by atoms with E-state index in [1.165, 1.54) is 0 Å². The number of hydrogen-bond donors (Lipinski definition) is 9. The highest BCUT2D eigenvalue weighted by Crippen LogP contribution is 2.07. The van der Waals surface area contributed by atoms with Gasteiger partial charge in [-0.15, -0.1) is 0 Å². The van der Waals surface area contributed by atoms with E-state index >= 15 is 0 Å². The maximum atomic E-state index is 12.9. The molecule has 4 amide bonds. The third kappa shape index (κ3) is 11.7. The summed E-state index contributed by atoms with van der Waals surface area (Å²) in [7, 11) is 0. The van der Waals surface area contributed by atoms with Crippen molar-refractivity contribution in [2.45, 2.75) is 63.7 Å². The van der Waals surface area contributed by atoms with Crippen molar-refractivity contribution in [3.8, 4) is 0 Å². The summed E-state index contributed by atoms with van der Waals surface area (Å²) in [5, 5.41) is 16.3. The molecule has 15 heteroatoms. The topological polar surface area (TPSA) is 258 Å². The number of carbonyl (C=O) groups excluding carboxylic acids is 4. The van der Waals surface area contributed by atoms with Crippen LogP contribution in [-0.4, -0.2) is 77.1 Å². The SMILES string of the molecule is CCC(C)C(N)C(=O)NC(CCCN=C(N)N)C(=O)NC(CS)C(=O)NC(CC(N)=O)C(=O)O. The molecule has 0 aromatic heterocycles. The first-order valence-corrected chi connectivity index (χ1v) is 11.3. The third-order valence-electron chi connectivity index (χ3n) is 4.97. The van der Waals surface area contributed by atoms with Crippen molar-refractivity contribution in [3.05, 3.63) is 0 Å². The van der Waals surface area contributed by atoms with Crippen molar-refractivity contribution < 1.29 is 29.1 Å². The summed E-state index contributed by atoms with van der Waals surface area (Å²) in [6.07, 6.45) is 0.466. The highest BCUT2D eigenvalue weighted by atomic mass is 32.1. The molecule has 14 nitrogen and oxygen atoms in total. The van der Waals surface area contributed by atoms with Crippen LogP contribution in [0.25, 0.3) is 0 Å². The van der Waals surface area contributed by atoms with Gasteiger partial charge in [-0.25, -0.2) is 4.79 Å². The minimum Gasteiger partial charge on any atom is -0.480 e. The average Bonchev–Trinajstić information content (AvgIpc) is 2.76. The first-order chi connectivity index (χ1) is 15.8. The van der Waals surface area contributed by atoms with E-state index < -0.39 is 60.2 Å². The van der Waals surface area contributed by atoms with Gasteiger partial charge in [0, 0.05) is 12.3 Å². The molecular formula is C19H36N8O6S. The molecule has 0 aromatic carbocycles. The number of nitrogens with two attached hydrogens (primary N) is 4. The number of guanidine groups is 1. The lowest BCUT2D eigenvalue weighted by Gasteiger charge is -2.25. The van der Waals surface area contributed by atoms with Gasteiger partial charge >= 0.3 is 5.97 Å². The molecule has 0 aliphatic heterocycles. The Morgan fingerprint density at radius 1 is 0.941 bits per heavy atom. The van der Waals surface area contributed by atoms with Crippen LogP contribution in [0.15, 0.2) is 4.99 Å². The van der Waals surface area contributed by atoms with E-state index in [4.69, 9.17) is 28.0 Å². The fourth-order valence-corrected chi connectivity index (χ4v) is 2.95. The standard InChI is InChI=1S/C19H36N8O6S/c1-3-9(2)14(21)17(31)25-10(5-4-6-24-19(22)23)15(29)27-12(8-34)16(30)26-11(18(32)33)7-13(20)28/h9-12,14,34H,3-8,21H2,1-2H3,(H2,20,28)(H,25,31)(H,26,30)(H,27,29)(H,32,33)(H4,22,23,24). The van der Waals surface area contributed by atoms with Crippen molar-refractivity contribution in [2.75, 3.05) is 12.3 Å². The number of aliphatic imine (C=N–C) groups is 1. The lowest BCUT2D eigenvalue weighted by molar-refractivity contribution is -0.143. The quantitative estimate of drug-likeness (QED) is 0.0442. The molecule has 12 N–H and O–H groups in total. The van der Waals surface area contributed by atoms with Crippen LogP contribution in [-0.2, 0) is 24.0 Å². The van der Waals surface area contributed by atoms with Gasteiger partial charge in [0.15, 0.2) is 5.96 Å². The maximum Gasteiger partial charge on any atom is 0.326 e. The summed E-state index contributed by atoms with van der Waals surface area (Å²) in [5.74, 6) is -5.01. The van der Waals surface area contributed by atoms with Crippen LogP contribution in [0.5, 0.6) is 0 Å². The fraction of sp³-hybridized carbons (Fsp3) is 0.684. The van der Waals surface area contributed by atoms with Crippen LogP contribution < -0.4 is 38.9 Å². The predicted molar refractivity (Wildman–Crippen MR) is 128 cm³/mol. The number of amides is 4. The summed E-state index contributed by atoms with van der Waals surface area (Å²) < 4.78 is 0. The second-order valence-corrected chi connectivity index (χ2v) is 8.10. The van der Waals surface area contributed by atoms with Crippen LogP contribution in [0.2, 0.25) is 0 Å². The number of nitrogens with one attached hydrogen (secondary N) is 3. The van der Waals surface area contributed by atoms with E-state index in [0.717, 1.165) is 0 Å². The molecule has 0 heterocycles. The molecular weight excluding hydrogens is 468 g/mol. The first-order valence-electron chi connectivity index (χ1n) is 10.7.